The van der Waals surface area contributed by atoms with Crippen molar-refractivity contribution >= 4 is 10.0 Å². The first-order valence-corrected chi connectivity index (χ1v) is 8.22. The van der Waals surface area contributed by atoms with E-state index >= 15 is 0 Å². The Morgan fingerprint density at radius 1 is 1.41 bits per heavy atom. The lowest BCUT2D eigenvalue weighted by Gasteiger charge is -2.40. The van der Waals surface area contributed by atoms with Gasteiger partial charge < -0.3 is 5.32 Å². The number of rotatable bonds is 5. The van der Waals surface area contributed by atoms with Gasteiger partial charge in [0.25, 0.3) is 0 Å². The van der Waals surface area contributed by atoms with E-state index in [0.29, 0.717) is 18.2 Å². The van der Waals surface area contributed by atoms with Gasteiger partial charge in [-0.1, -0.05) is 27.2 Å². The van der Waals surface area contributed by atoms with Crippen LogP contribution in [0.3, 0.4) is 0 Å². The fourth-order valence-corrected chi connectivity index (χ4v) is 4.29. The number of nitrogens with one attached hydrogen (secondary N) is 1. The van der Waals surface area contributed by atoms with Crippen LogP contribution in [0.15, 0.2) is 0 Å². The molecule has 1 saturated heterocycles. The van der Waals surface area contributed by atoms with Gasteiger partial charge in [-0.3, -0.25) is 0 Å². The van der Waals surface area contributed by atoms with Gasteiger partial charge in [-0.15, -0.1) is 0 Å². The van der Waals surface area contributed by atoms with Crippen molar-refractivity contribution in [2.24, 2.45) is 5.92 Å². The van der Waals surface area contributed by atoms with Crippen LogP contribution < -0.4 is 5.32 Å². The van der Waals surface area contributed by atoms with E-state index < -0.39 is 10.0 Å². The van der Waals surface area contributed by atoms with Crippen LogP contribution in [-0.4, -0.2) is 43.6 Å². The standard InChI is InChI=1S/C12H26N2O2S/c1-5-6-7-17(15,16)14-9-11(4)13-8-12(14)10(2)3/h10-13H,5-9H2,1-4H3. The van der Waals surface area contributed by atoms with Gasteiger partial charge in [-0.2, -0.15) is 4.31 Å². The largest absolute Gasteiger partial charge is 0.311 e. The van der Waals surface area contributed by atoms with Crippen LogP contribution >= 0.6 is 0 Å². The summed E-state index contributed by atoms with van der Waals surface area (Å²) in [4.78, 5) is 0. The molecule has 0 amide bonds. The second kappa shape index (κ2) is 6.16. The zero-order valence-corrected chi connectivity index (χ0v) is 12.3. The molecule has 0 aliphatic carbocycles. The zero-order chi connectivity index (χ0) is 13.1. The van der Waals surface area contributed by atoms with Crippen molar-refractivity contribution in [1.82, 2.24) is 9.62 Å². The third-order valence-electron chi connectivity index (χ3n) is 3.38. The van der Waals surface area contributed by atoms with Crippen LogP contribution in [0.25, 0.3) is 0 Å². The van der Waals surface area contributed by atoms with Gasteiger partial charge in [0.2, 0.25) is 10.0 Å². The lowest BCUT2D eigenvalue weighted by atomic mass is 10.0. The van der Waals surface area contributed by atoms with Gasteiger partial charge in [0.05, 0.1) is 5.75 Å². The Morgan fingerprint density at radius 3 is 2.59 bits per heavy atom. The fraction of sp³-hybridized carbons (Fsp3) is 1.00. The van der Waals surface area contributed by atoms with Gasteiger partial charge in [0.15, 0.2) is 0 Å². The quantitative estimate of drug-likeness (QED) is 0.815. The molecule has 102 valence electrons. The molecule has 4 nitrogen and oxygen atoms in total. The Bertz CT molecular complexity index is 327. The maximum absolute atomic E-state index is 12.3. The molecule has 1 heterocycles. The molecule has 1 N–H and O–H groups in total. The van der Waals surface area contributed by atoms with Crippen LogP contribution in [0.5, 0.6) is 0 Å². The Balaban J connectivity index is 2.81. The normalized spacial score (nSPS) is 27.6. The van der Waals surface area contributed by atoms with Crippen molar-refractivity contribution < 1.29 is 8.42 Å². The second-order valence-corrected chi connectivity index (χ2v) is 7.40. The zero-order valence-electron chi connectivity index (χ0n) is 11.4. The highest BCUT2D eigenvalue weighted by Crippen LogP contribution is 2.20. The summed E-state index contributed by atoms with van der Waals surface area (Å²) in [7, 11) is -3.08. The summed E-state index contributed by atoms with van der Waals surface area (Å²) in [6.07, 6.45) is 1.68. The average molecular weight is 262 g/mol. The smallest absolute Gasteiger partial charge is 0.214 e. The highest BCUT2D eigenvalue weighted by atomic mass is 32.2. The van der Waals surface area contributed by atoms with E-state index in [1.165, 1.54) is 0 Å². The first kappa shape index (κ1) is 14.9. The lowest BCUT2D eigenvalue weighted by Crippen LogP contribution is -2.59. The third-order valence-corrected chi connectivity index (χ3v) is 5.32. The predicted octanol–water partition coefficient (Wildman–Crippen LogP) is 1.43. The highest BCUT2D eigenvalue weighted by molar-refractivity contribution is 7.89. The topological polar surface area (TPSA) is 49.4 Å². The molecule has 0 aromatic rings. The van der Waals surface area contributed by atoms with Gasteiger partial charge in [0, 0.05) is 25.2 Å². The van der Waals surface area contributed by atoms with E-state index in [9.17, 15) is 8.42 Å². The van der Waals surface area contributed by atoms with Gasteiger partial charge in [0.1, 0.15) is 0 Å². The molecule has 0 aromatic carbocycles. The summed E-state index contributed by atoms with van der Waals surface area (Å²) >= 11 is 0. The Kier molecular flexibility index (Phi) is 5.41. The molecule has 1 rings (SSSR count). The van der Waals surface area contributed by atoms with Crippen LogP contribution in [0.2, 0.25) is 0 Å². The molecule has 1 aliphatic heterocycles. The minimum absolute atomic E-state index is 0.105. The second-order valence-electron chi connectivity index (χ2n) is 5.36. The molecule has 0 spiro atoms. The molecule has 1 fully saturated rings. The molecule has 0 saturated carbocycles. The minimum atomic E-state index is -3.08. The summed E-state index contributed by atoms with van der Waals surface area (Å²) in [5, 5.41) is 3.37. The van der Waals surface area contributed by atoms with E-state index in [4.69, 9.17) is 0 Å². The maximum Gasteiger partial charge on any atom is 0.214 e. The van der Waals surface area contributed by atoms with Crippen LogP contribution in [-0.2, 0) is 10.0 Å². The summed E-state index contributed by atoms with van der Waals surface area (Å²) in [5.41, 5.74) is 0. The molecule has 2 unspecified atom stereocenters. The molecule has 0 radical (unpaired) electrons. The van der Waals surface area contributed by atoms with Crippen LogP contribution in [0, 0.1) is 5.92 Å². The number of hydrogen-bond donors (Lipinski definition) is 1. The van der Waals surface area contributed by atoms with Crippen LogP contribution in [0.1, 0.15) is 40.5 Å². The van der Waals surface area contributed by atoms with E-state index in [2.05, 4.69) is 19.2 Å². The van der Waals surface area contributed by atoms with Gasteiger partial charge in [-0.25, -0.2) is 8.42 Å². The molecular weight excluding hydrogens is 236 g/mol. The average Bonchev–Trinajstić information content (AvgIpc) is 2.26. The van der Waals surface area contributed by atoms with E-state index in [-0.39, 0.29) is 12.1 Å². The number of hydrogen-bond acceptors (Lipinski definition) is 3. The number of sulfonamides is 1. The lowest BCUT2D eigenvalue weighted by molar-refractivity contribution is 0.189. The SMILES string of the molecule is CCCCS(=O)(=O)N1CC(C)NCC1C(C)C. The van der Waals surface area contributed by atoms with Crippen molar-refractivity contribution in [2.45, 2.75) is 52.6 Å². The molecule has 0 bridgehead atoms. The molecule has 0 aromatic heterocycles. The van der Waals surface area contributed by atoms with Crippen molar-refractivity contribution in [3.8, 4) is 0 Å². The summed E-state index contributed by atoms with van der Waals surface area (Å²) < 4.78 is 26.3. The number of nitrogens with zero attached hydrogens (tertiary/aromatic N) is 1. The molecule has 1 aliphatic rings. The van der Waals surface area contributed by atoms with E-state index in [1.54, 1.807) is 4.31 Å². The fourth-order valence-electron chi connectivity index (χ4n) is 2.23. The first-order valence-electron chi connectivity index (χ1n) is 6.61. The van der Waals surface area contributed by atoms with Crippen LogP contribution in [0.4, 0.5) is 0 Å². The third kappa shape index (κ3) is 3.93. The monoisotopic (exact) mass is 262 g/mol. The summed E-state index contributed by atoms with van der Waals surface area (Å²) in [6.45, 7) is 9.61. The van der Waals surface area contributed by atoms with Crippen molar-refractivity contribution in [3.63, 3.8) is 0 Å². The Labute approximate surface area is 106 Å². The highest BCUT2D eigenvalue weighted by Gasteiger charge is 2.35. The number of unbranched alkanes of at least 4 members (excludes halogenated alkanes) is 1. The molecule has 17 heavy (non-hydrogen) atoms. The van der Waals surface area contributed by atoms with Crippen molar-refractivity contribution in [3.05, 3.63) is 0 Å². The summed E-state index contributed by atoms with van der Waals surface area (Å²) in [5.74, 6) is 0.644. The number of piperazine rings is 1. The Morgan fingerprint density at radius 2 is 2.06 bits per heavy atom. The predicted molar refractivity (Wildman–Crippen MR) is 71.5 cm³/mol. The minimum Gasteiger partial charge on any atom is -0.311 e. The van der Waals surface area contributed by atoms with E-state index in [1.807, 2.05) is 13.8 Å². The molecule has 5 heteroatoms. The first-order chi connectivity index (χ1) is 7.88. The maximum atomic E-state index is 12.3. The molecular formula is C12H26N2O2S. The molecule has 2 atom stereocenters. The summed E-state index contributed by atoms with van der Waals surface area (Å²) in [6, 6.07) is 0.356. The van der Waals surface area contributed by atoms with Crippen molar-refractivity contribution in [1.29, 1.82) is 0 Å². The van der Waals surface area contributed by atoms with Crippen molar-refractivity contribution in [2.75, 3.05) is 18.8 Å². The van der Waals surface area contributed by atoms with Gasteiger partial charge in [-0.05, 0) is 19.3 Å². The van der Waals surface area contributed by atoms with Gasteiger partial charge >= 0.3 is 0 Å². The Hall–Kier alpha value is -0.130. The van der Waals surface area contributed by atoms with E-state index in [0.717, 1.165) is 19.4 Å².